The Morgan fingerprint density at radius 1 is 1.14 bits per heavy atom. The van der Waals surface area contributed by atoms with Crippen LogP contribution in [-0.4, -0.2) is 48.3 Å². The molecule has 0 saturated heterocycles. The summed E-state index contributed by atoms with van der Waals surface area (Å²) in [4.78, 5) is 40.0. The number of carbonyl (C=O) groups excluding carboxylic acids is 3. The first-order valence-electron chi connectivity index (χ1n) is 9.47. The second-order valence-corrected chi connectivity index (χ2v) is 7.72. The van der Waals surface area contributed by atoms with Gasteiger partial charge < -0.3 is 24.1 Å². The summed E-state index contributed by atoms with van der Waals surface area (Å²) in [6.45, 7) is 7.21. The van der Waals surface area contributed by atoms with Crippen LogP contribution in [0.25, 0.3) is 10.9 Å². The molecule has 0 spiro atoms. The molecule has 29 heavy (non-hydrogen) atoms. The lowest BCUT2D eigenvalue weighted by Crippen LogP contribution is -2.29. The number of hydrogen-bond acceptors (Lipinski definition) is 6. The van der Waals surface area contributed by atoms with Crippen molar-refractivity contribution in [2.45, 2.75) is 40.5 Å². The van der Waals surface area contributed by atoms with E-state index in [1.54, 1.807) is 46.1 Å². The number of amides is 1. The average molecular weight is 404 g/mol. The fraction of sp³-hybridized carbons (Fsp3) is 0.476. The van der Waals surface area contributed by atoms with Crippen molar-refractivity contribution in [3.05, 3.63) is 30.0 Å². The standard InChI is InChI=1S/C21H28N2O6/c1-6-23(5)20(26)29-15-8-9-16-14(12-22-17(16)11-15)7-10-18(24)27-13-28-19(25)21(2,3)4/h8-9,11-12,22H,6-7,10,13H2,1-5H3. The summed E-state index contributed by atoms with van der Waals surface area (Å²) in [6, 6.07) is 5.29. The number of rotatable bonds is 7. The smallest absolute Gasteiger partial charge is 0.414 e. The van der Waals surface area contributed by atoms with Gasteiger partial charge in [0, 0.05) is 43.2 Å². The molecule has 0 atom stereocenters. The predicted molar refractivity (Wildman–Crippen MR) is 107 cm³/mol. The molecule has 1 aromatic heterocycles. The van der Waals surface area contributed by atoms with Crippen molar-refractivity contribution in [2.24, 2.45) is 5.41 Å². The van der Waals surface area contributed by atoms with Gasteiger partial charge in [0.2, 0.25) is 6.79 Å². The third-order valence-electron chi connectivity index (χ3n) is 4.35. The van der Waals surface area contributed by atoms with E-state index in [1.165, 1.54) is 4.90 Å². The summed E-state index contributed by atoms with van der Waals surface area (Å²) >= 11 is 0. The van der Waals surface area contributed by atoms with E-state index in [2.05, 4.69) is 4.98 Å². The van der Waals surface area contributed by atoms with Crippen LogP contribution in [0.15, 0.2) is 24.4 Å². The minimum Gasteiger partial charge on any atom is -0.428 e. The van der Waals surface area contributed by atoms with E-state index >= 15 is 0 Å². The van der Waals surface area contributed by atoms with Crippen LogP contribution in [0.5, 0.6) is 5.75 Å². The zero-order valence-corrected chi connectivity index (χ0v) is 17.5. The van der Waals surface area contributed by atoms with Crippen molar-refractivity contribution in [1.82, 2.24) is 9.88 Å². The molecule has 0 unspecified atom stereocenters. The Morgan fingerprint density at radius 2 is 1.86 bits per heavy atom. The van der Waals surface area contributed by atoms with Crippen LogP contribution >= 0.6 is 0 Å². The highest BCUT2D eigenvalue weighted by Gasteiger charge is 2.23. The molecule has 0 aliphatic rings. The molecule has 0 aliphatic carbocycles. The van der Waals surface area contributed by atoms with Crippen LogP contribution < -0.4 is 4.74 Å². The summed E-state index contributed by atoms with van der Waals surface area (Å²) < 4.78 is 15.2. The predicted octanol–water partition coefficient (Wildman–Crippen LogP) is 3.64. The summed E-state index contributed by atoms with van der Waals surface area (Å²) in [5.41, 5.74) is 1.10. The number of aromatic nitrogens is 1. The molecule has 0 saturated carbocycles. The molecule has 0 fully saturated rings. The summed E-state index contributed by atoms with van der Waals surface area (Å²) in [5, 5.41) is 0.931. The first-order chi connectivity index (χ1) is 13.6. The second-order valence-electron chi connectivity index (χ2n) is 7.72. The molecular formula is C21H28N2O6. The van der Waals surface area contributed by atoms with E-state index in [0.29, 0.717) is 18.7 Å². The molecule has 8 heteroatoms. The number of carbonyl (C=O) groups is 3. The molecule has 1 N–H and O–H groups in total. The molecule has 0 aliphatic heterocycles. The lowest BCUT2D eigenvalue weighted by molar-refractivity contribution is -0.173. The van der Waals surface area contributed by atoms with Gasteiger partial charge in [0.15, 0.2) is 0 Å². The van der Waals surface area contributed by atoms with E-state index in [9.17, 15) is 14.4 Å². The van der Waals surface area contributed by atoms with Gasteiger partial charge in [-0.05, 0) is 51.8 Å². The maximum absolute atomic E-state index is 11.9. The number of fused-ring (bicyclic) bond motifs is 1. The minimum atomic E-state index is -0.643. The number of aryl methyl sites for hydroxylation is 1. The lowest BCUT2D eigenvalue weighted by Gasteiger charge is -2.16. The molecular weight excluding hydrogens is 376 g/mol. The zero-order chi connectivity index (χ0) is 21.6. The van der Waals surface area contributed by atoms with Gasteiger partial charge in [-0.2, -0.15) is 0 Å². The maximum atomic E-state index is 11.9. The number of ether oxygens (including phenoxy) is 3. The number of benzene rings is 1. The largest absolute Gasteiger partial charge is 0.428 e. The fourth-order valence-electron chi connectivity index (χ4n) is 2.42. The number of hydrogen-bond donors (Lipinski definition) is 1. The molecule has 2 rings (SSSR count). The number of aromatic amines is 1. The van der Waals surface area contributed by atoms with Crippen molar-refractivity contribution in [2.75, 3.05) is 20.4 Å². The molecule has 1 heterocycles. The number of nitrogens with zero attached hydrogens (tertiary/aromatic N) is 1. The van der Waals surface area contributed by atoms with E-state index < -0.39 is 23.4 Å². The Morgan fingerprint density at radius 3 is 2.52 bits per heavy atom. The van der Waals surface area contributed by atoms with Crippen LogP contribution in [0.1, 0.15) is 39.7 Å². The summed E-state index contributed by atoms with van der Waals surface area (Å²) in [6.07, 6.45) is 2.00. The minimum absolute atomic E-state index is 0.151. The van der Waals surface area contributed by atoms with Gasteiger partial charge in [-0.3, -0.25) is 9.59 Å². The Kier molecular flexibility index (Phi) is 7.25. The van der Waals surface area contributed by atoms with Crippen molar-refractivity contribution >= 4 is 28.9 Å². The first-order valence-corrected chi connectivity index (χ1v) is 9.47. The van der Waals surface area contributed by atoms with Gasteiger partial charge in [-0.25, -0.2) is 4.79 Å². The molecule has 0 bridgehead atoms. The summed E-state index contributed by atoms with van der Waals surface area (Å²) in [7, 11) is 1.66. The molecule has 8 nitrogen and oxygen atoms in total. The zero-order valence-electron chi connectivity index (χ0n) is 17.5. The van der Waals surface area contributed by atoms with Crippen LogP contribution in [-0.2, 0) is 25.5 Å². The SMILES string of the molecule is CCN(C)C(=O)Oc1ccc2c(CCC(=O)OCOC(=O)C(C)(C)C)c[nH]c2c1. The lowest BCUT2D eigenvalue weighted by atomic mass is 9.98. The molecule has 2 aromatic rings. The van der Waals surface area contributed by atoms with E-state index in [-0.39, 0.29) is 13.2 Å². The van der Waals surface area contributed by atoms with Gasteiger partial charge in [-0.15, -0.1) is 0 Å². The quantitative estimate of drug-likeness (QED) is 0.559. The number of esters is 2. The maximum Gasteiger partial charge on any atom is 0.414 e. The Labute approximate surface area is 170 Å². The molecule has 1 amide bonds. The van der Waals surface area contributed by atoms with E-state index in [1.807, 2.05) is 13.0 Å². The topological polar surface area (TPSA) is 97.9 Å². The molecule has 0 radical (unpaired) electrons. The third-order valence-corrected chi connectivity index (χ3v) is 4.35. The van der Waals surface area contributed by atoms with Crippen molar-refractivity contribution in [1.29, 1.82) is 0 Å². The van der Waals surface area contributed by atoms with Crippen molar-refractivity contribution < 1.29 is 28.6 Å². The van der Waals surface area contributed by atoms with Gasteiger partial charge in [0.1, 0.15) is 5.75 Å². The van der Waals surface area contributed by atoms with E-state index in [0.717, 1.165) is 16.5 Å². The average Bonchev–Trinajstić information content (AvgIpc) is 3.07. The normalized spacial score (nSPS) is 11.2. The van der Waals surface area contributed by atoms with E-state index in [4.69, 9.17) is 14.2 Å². The van der Waals surface area contributed by atoms with Crippen LogP contribution in [0, 0.1) is 5.41 Å². The Balaban J connectivity index is 1.88. The second kappa shape index (κ2) is 9.45. The van der Waals surface area contributed by atoms with Crippen LogP contribution in [0.4, 0.5) is 4.79 Å². The van der Waals surface area contributed by atoms with Crippen molar-refractivity contribution in [3.63, 3.8) is 0 Å². The molecule has 158 valence electrons. The van der Waals surface area contributed by atoms with Gasteiger partial charge in [0.25, 0.3) is 0 Å². The number of nitrogens with one attached hydrogen (secondary N) is 1. The highest BCUT2D eigenvalue weighted by atomic mass is 16.7. The highest BCUT2D eigenvalue weighted by Crippen LogP contribution is 2.25. The summed E-state index contributed by atoms with van der Waals surface area (Å²) in [5.74, 6) is -0.436. The van der Waals surface area contributed by atoms with Gasteiger partial charge in [0.05, 0.1) is 5.41 Å². The fourth-order valence-corrected chi connectivity index (χ4v) is 2.42. The van der Waals surface area contributed by atoms with Gasteiger partial charge >= 0.3 is 18.0 Å². The van der Waals surface area contributed by atoms with Crippen LogP contribution in [0.2, 0.25) is 0 Å². The van der Waals surface area contributed by atoms with Crippen LogP contribution in [0.3, 0.4) is 0 Å². The number of H-pyrrole nitrogens is 1. The van der Waals surface area contributed by atoms with Gasteiger partial charge in [-0.1, -0.05) is 0 Å². The Bertz CT molecular complexity index is 881. The van der Waals surface area contributed by atoms with Crippen molar-refractivity contribution in [3.8, 4) is 5.75 Å². The first kappa shape index (κ1) is 22.3. The molecule has 1 aromatic carbocycles. The monoisotopic (exact) mass is 404 g/mol. The highest BCUT2D eigenvalue weighted by molar-refractivity contribution is 5.85. The Hall–Kier alpha value is -3.03. The third kappa shape index (κ3) is 6.23.